The van der Waals surface area contributed by atoms with Crippen molar-refractivity contribution in [2.45, 2.75) is 24.3 Å². The highest BCUT2D eigenvalue weighted by Crippen LogP contribution is 2.28. The van der Waals surface area contributed by atoms with Gasteiger partial charge in [0.25, 0.3) is 0 Å². The van der Waals surface area contributed by atoms with Crippen LogP contribution in [-0.4, -0.2) is 30.7 Å². The number of fused-ring (bicyclic) bond motifs is 3. The highest BCUT2D eigenvalue weighted by atomic mass is 32.2. The molecule has 1 aromatic carbocycles. The number of amides is 1. The molecule has 0 saturated carbocycles. The predicted molar refractivity (Wildman–Crippen MR) is 101 cm³/mol. The van der Waals surface area contributed by atoms with Crippen LogP contribution in [0.5, 0.6) is 0 Å². The van der Waals surface area contributed by atoms with E-state index in [0.29, 0.717) is 10.3 Å². The van der Waals surface area contributed by atoms with E-state index in [1.165, 1.54) is 23.1 Å². The first-order chi connectivity index (χ1) is 12.1. The van der Waals surface area contributed by atoms with Gasteiger partial charge in [0.1, 0.15) is 0 Å². The molecule has 0 aliphatic rings. The first-order valence-corrected chi connectivity index (χ1v) is 9.50. The maximum Gasteiger partial charge on any atom is 0.239 e. The molecule has 1 amide bonds. The van der Waals surface area contributed by atoms with Crippen molar-refractivity contribution >= 4 is 50.7 Å². The van der Waals surface area contributed by atoms with E-state index in [4.69, 9.17) is 0 Å². The van der Waals surface area contributed by atoms with Gasteiger partial charge in [0.05, 0.1) is 10.8 Å². The topological polar surface area (TPSA) is 72.2 Å². The average Bonchev–Trinajstić information content (AvgIpc) is 3.25. The molecule has 3 heterocycles. The largest absolute Gasteiger partial charge is 0.301 e. The number of para-hydroxylation sites is 1. The lowest BCUT2D eigenvalue weighted by molar-refractivity contribution is -0.115. The van der Waals surface area contributed by atoms with Crippen LogP contribution in [0.1, 0.15) is 12.5 Å². The Hall–Kier alpha value is -2.45. The monoisotopic (exact) mass is 369 g/mol. The molecule has 25 heavy (non-hydrogen) atoms. The van der Waals surface area contributed by atoms with Gasteiger partial charge in [-0.1, -0.05) is 30.0 Å². The fourth-order valence-corrected chi connectivity index (χ4v) is 4.05. The lowest BCUT2D eigenvalue weighted by Gasteiger charge is -2.11. The van der Waals surface area contributed by atoms with E-state index in [2.05, 4.69) is 33.5 Å². The minimum absolute atomic E-state index is 0.104. The van der Waals surface area contributed by atoms with E-state index in [1.807, 2.05) is 41.0 Å². The van der Waals surface area contributed by atoms with Crippen molar-refractivity contribution in [3.63, 3.8) is 0 Å². The molecule has 0 bridgehead atoms. The number of nitrogens with zero attached hydrogens (tertiary/aromatic N) is 4. The summed E-state index contributed by atoms with van der Waals surface area (Å²) in [6.45, 7) is 3.92. The zero-order valence-electron chi connectivity index (χ0n) is 13.6. The van der Waals surface area contributed by atoms with Crippen molar-refractivity contribution in [1.29, 1.82) is 0 Å². The Bertz CT molecular complexity index is 1060. The number of carbonyl (C=O) groups is 1. The Morgan fingerprint density at radius 2 is 2.16 bits per heavy atom. The highest BCUT2D eigenvalue weighted by molar-refractivity contribution is 8.00. The number of thiazole rings is 1. The molecule has 1 atom stereocenters. The lowest BCUT2D eigenvalue weighted by Crippen LogP contribution is -2.22. The summed E-state index contributed by atoms with van der Waals surface area (Å²) in [5.41, 5.74) is 2.98. The number of benzene rings is 1. The normalized spacial score (nSPS) is 12.6. The van der Waals surface area contributed by atoms with Crippen molar-refractivity contribution in [2.24, 2.45) is 0 Å². The van der Waals surface area contributed by atoms with Crippen LogP contribution in [0.25, 0.3) is 16.6 Å². The third kappa shape index (κ3) is 2.98. The van der Waals surface area contributed by atoms with Gasteiger partial charge < -0.3 is 5.32 Å². The minimum Gasteiger partial charge on any atom is -0.301 e. The lowest BCUT2D eigenvalue weighted by atomic mass is 10.1. The van der Waals surface area contributed by atoms with Crippen molar-refractivity contribution in [3.8, 4) is 0 Å². The third-order valence-corrected chi connectivity index (χ3v) is 5.62. The third-order valence-electron chi connectivity index (χ3n) is 3.89. The van der Waals surface area contributed by atoms with Gasteiger partial charge in [0.15, 0.2) is 15.9 Å². The first kappa shape index (κ1) is 16.0. The summed E-state index contributed by atoms with van der Waals surface area (Å²) < 4.78 is 2.00. The van der Waals surface area contributed by atoms with Gasteiger partial charge in [-0.05, 0) is 31.5 Å². The number of pyridine rings is 1. The van der Waals surface area contributed by atoms with Crippen molar-refractivity contribution < 1.29 is 4.79 Å². The van der Waals surface area contributed by atoms with Crippen LogP contribution in [-0.2, 0) is 4.79 Å². The molecule has 4 aromatic rings. The van der Waals surface area contributed by atoms with E-state index in [9.17, 15) is 4.79 Å². The standard InChI is InChI=1S/C17H15N5OS2/c1-10-9-14-20-21-17(22(14)13-6-4-3-5-12(10)13)25-11(2)15(23)19-16-18-7-8-24-16/h3-9,11H,1-2H3,(H,18,19,23). The Kier molecular flexibility index (Phi) is 4.14. The zero-order chi connectivity index (χ0) is 17.4. The fraction of sp³-hybridized carbons (Fsp3) is 0.176. The molecule has 0 aliphatic heterocycles. The van der Waals surface area contributed by atoms with Crippen molar-refractivity contribution in [1.82, 2.24) is 19.6 Å². The zero-order valence-corrected chi connectivity index (χ0v) is 15.3. The summed E-state index contributed by atoms with van der Waals surface area (Å²) in [5, 5.41) is 15.3. The van der Waals surface area contributed by atoms with Gasteiger partial charge in [0.2, 0.25) is 5.91 Å². The molecule has 0 aliphatic carbocycles. The van der Waals surface area contributed by atoms with E-state index in [0.717, 1.165) is 22.1 Å². The number of rotatable bonds is 4. The van der Waals surface area contributed by atoms with Gasteiger partial charge in [-0.15, -0.1) is 21.5 Å². The molecule has 126 valence electrons. The quantitative estimate of drug-likeness (QED) is 0.555. The molecule has 1 N–H and O–H groups in total. The van der Waals surface area contributed by atoms with Crippen LogP contribution in [0.15, 0.2) is 47.1 Å². The number of anilines is 1. The number of hydrogen-bond donors (Lipinski definition) is 1. The summed E-state index contributed by atoms with van der Waals surface area (Å²) in [7, 11) is 0. The summed E-state index contributed by atoms with van der Waals surface area (Å²) in [5.74, 6) is -0.104. The van der Waals surface area contributed by atoms with Gasteiger partial charge in [-0.25, -0.2) is 4.98 Å². The van der Waals surface area contributed by atoms with Gasteiger partial charge in [-0.2, -0.15) is 0 Å². The Labute approximate surface area is 152 Å². The molecule has 8 heteroatoms. The van der Waals surface area contributed by atoms with E-state index in [-0.39, 0.29) is 11.2 Å². The number of carbonyl (C=O) groups excluding carboxylic acids is 1. The van der Waals surface area contributed by atoms with Crippen LogP contribution in [0.4, 0.5) is 5.13 Å². The molecule has 0 saturated heterocycles. The number of thioether (sulfide) groups is 1. The van der Waals surface area contributed by atoms with E-state index < -0.39 is 0 Å². The molecular weight excluding hydrogens is 354 g/mol. The summed E-state index contributed by atoms with van der Waals surface area (Å²) >= 11 is 2.78. The Morgan fingerprint density at radius 1 is 1.32 bits per heavy atom. The van der Waals surface area contributed by atoms with Crippen LogP contribution < -0.4 is 5.32 Å². The number of hydrogen-bond acceptors (Lipinski definition) is 6. The number of nitrogens with one attached hydrogen (secondary N) is 1. The molecular formula is C17H15N5OS2. The second-order valence-electron chi connectivity index (χ2n) is 5.61. The number of aromatic nitrogens is 4. The van der Waals surface area contributed by atoms with Crippen LogP contribution >= 0.6 is 23.1 Å². The molecule has 3 aromatic heterocycles. The Balaban J connectivity index is 1.67. The first-order valence-electron chi connectivity index (χ1n) is 7.74. The molecule has 1 unspecified atom stereocenters. The summed E-state index contributed by atoms with van der Waals surface area (Å²) in [6.07, 6.45) is 1.67. The van der Waals surface area contributed by atoms with Crippen LogP contribution in [0, 0.1) is 6.92 Å². The summed E-state index contributed by atoms with van der Waals surface area (Å²) in [6, 6.07) is 10.1. The fourth-order valence-electron chi connectivity index (χ4n) is 2.65. The maximum atomic E-state index is 12.4. The highest BCUT2D eigenvalue weighted by Gasteiger charge is 2.20. The average molecular weight is 369 g/mol. The molecule has 0 fully saturated rings. The van der Waals surface area contributed by atoms with Crippen molar-refractivity contribution in [2.75, 3.05) is 5.32 Å². The molecule has 0 radical (unpaired) electrons. The van der Waals surface area contributed by atoms with Crippen LogP contribution in [0.3, 0.4) is 0 Å². The maximum absolute atomic E-state index is 12.4. The smallest absolute Gasteiger partial charge is 0.239 e. The van der Waals surface area contributed by atoms with Gasteiger partial charge in [-0.3, -0.25) is 9.20 Å². The molecule has 0 spiro atoms. The van der Waals surface area contributed by atoms with Crippen molar-refractivity contribution in [3.05, 3.63) is 47.5 Å². The summed E-state index contributed by atoms with van der Waals surface area (Å²) in [4.78, 5) is 16.4. The molecule has 4 rings (SSSR count). The van der Waals surface area contributed by atoms with E-state index >= 15 is 0 Å². The number of aryl methyl sites for hydroxylation is 1. The second kappa shape index (κ2) is 6.45. The van der Waals surface area contributed by atoms with Gasteiger partial charge >= 0.3 is 0 Å². The minimum atomic E-state index is -0.323. The Morgan fingerprint density at radius 3 is 2.96 bits per heavy atom. The van der Waals surface area contributed by atoms with E-state index in [1.54, 1.807) is 6.20 Å². The van der Waals surface area contributed by atoms with Gasteiger partial charge in [0, 0.05) is 17.0 Å². The predicted octanol–water partition coefficient (Wildman–Crippen LogP) is 3.77. The SMILES string of the molecule is Cc1cc2nnc(SC(C)C(=O)Nc3nccs3)n2c2ccccc12. The second-order valence-corrected chi connectivity index (χ2v) is 7.81. The van der Waals surface area contributed by atoms with Crippen LogP contribution in [0.2, 0.25) is 0 Å². The molecule has 6 nitrogen and oxygen atoms in total.